The molecule has 0 aromatic carbocycles. The van der Waals surface area contributed by atoms with Crippen molar-refractivity contribution in [3.8, 4) is 0 Å². The molecule has 4 heteroatoms. The summed E-state index contributed by atoms with van der Waals surface area (Å²) in [5.74, 6) is 2.07. The molecule has 1 aliphatic rings. The van der Waals surface area contributed by atoms with Crippen LogP contribution in [0, 0.1) is 11.8 Å². The van der Waals surface area contributed by atoms with Crippen LogP contribution in [0.5, 0.6) is 0 Å². The van der Waals surface area contributed by atoms with Crippen LogP contribution in [0.15, 0.2) is 0 Å². The highest BCUT2D eigenvalue weighted by Crippen LogP contribution is 2.29. The van der Waals surface area contributed by atoms with Crippen LogP contribution in [0.2, 0.25) is 0 Å². The second-order valence-electron chi connectivity index (χ2n) is 5.73. The smallest absolute Gasteiger partial charge is 0.151 e. The fourth-order valence-electron chi connectivity index (χ4n) is 2.65. The van der Waals surface area contributed by atoms with Gasteiger partial charge >= 0.3 is 0 Å². The Balaban J connectivity index is 2.39. The van der Waals surface area contributed by atoms with E-state index in [1.165, 1.54) is 19.3 Å². The van der Waals surface area contributed by atoms with E-state index in [2.05, 4.69) is 19.2 Å². The number of hydrogen-bond acceptors (Lipinski definition) is 3. The Labute approximate surface area is 106 Å². The van der Waals surface area contributed by atoms with Crippen molar-refractivity contribution in [1.29, 1.82) is 0 Å². The van der Waals surface area contributed by atoms with Crippen LogP contribution in [-0.4, -0.2) is 32.0 Å². The maximum atomic E-state index is 11.5. The summed E-state index contributed by atoms with van der Waals surface area (Å²) in [6.45, 7) is 8.31. The van der Waals surface area contributed by atoms with Gasteiger partial charge in [-0.25, -0.2) is 8.42 Å². The SMILES string of the molecule is CCS(=O)(=O)CC(C)NC1CCC(C)C(C)C1. The van der Waals surface area contributed by atoms with Crippen molar-refractivity contribution in [1.82, 2.24) is 5.32 Å². The molecule has 0 aliphatic heterocycles. The Morgan fingerprint density at radius 3 is 2.41 bits per heavy atom. The lowest BCUT2D eigenvalue weighted by Crippen LogP contribution is -2.44. The molecule has 4 unspecified atom stereocenters. The molecule has 0 radical (unpaired) electrons. The summed E-state index contributed by atoms with van der Waals surface area (Å²) < 4.78 is 23.1. The molecule has 0 spiro atoms. The van der Waals surface area contributed by atoms with Crippen molar-refractivity contribution < 1.29 is 8.42 Å². The zero-order valence-electron chi connectivity index (χ0n) is 11.6. The molecule has 0 bridgehead atoms. The summed E-state index contributed by atoms with van der Waals surface area (Å²) in [5.41, 5.74) is 0. The molecule has 1 saturated carbocycles. The molecule has 0 heterocycles. The first-order chi connectivity index (χ1) is 7.84. The first-order valence-corrected chi connectivity index (χ1v) is 8.62. The zero-order valence-corrected chi connectivity index (χ0v) is 12.4. The van der Waals surface area contributed by atoms with Gasteiger partial charge in [-0.3, -0.25) is 0 Å². The third kappa shape index (κ3) is 4.96. The van der Waals surface area contributed by atoms with Gasteiger partial charge in [-0.15, -0.1) is 0 Å². The Morgan fingerprint density at radius 1 is 1.24 bits per heavy atom. The zero-order chi connectivity index (χ0) is 13.1. The van der Waals surface area contributed by atoms with Gasteiger partial charge in [-0.05, 0) is 38.0 Å². The quantitative estimate of drug-likeness (QED) is 0.825. The van der Waals surface area contributed by atoms with E-state index >= 15 is 0 Å². The van der Waals surface area contributed by atoms with E-state index in [1.807, 2.05) is 6.92 Å². The molecule has 1 N–H and O–H groups in total. The third-order valence-electron chi connectivity index (χ3n) is 4.06. The standard InChI is InChI=1S/C13H27NO2S/c1-5-17(15,16)9-12(4)14-13-7-6-10(2)11(3)8-13/h10-14H,5-9H2,1-4H3. The number of sulfone groups is 1. The van der Waals surface area contributed by atoms with Crippen LogP contribution < -0.4 is 5.32 Å². The fourth-order valence-corrected chi connectivity index (χ4v) is 3.74. The van der Waals surface area contributed by atoms with E-state index in [4.69, 9.17) is 0 Å². The maximum absolute atomic E-state index is 11.5. The number of hydrogen-bond donors (Lipinski definition) is 1. The minimum Gasteiger partial charge on any atom is -0.310 e. The highest BCUT2D eigenvalue weighted by molar-refractivity contribution is 7.91. The van der Waals surface area contributed by atoms with Crippen molar-refractivity contribution >= 4 is 9.84 Å². The average molecular weight is 261 g/mol. The summed E-state index contributed by atoms with van der Waals surface area (Å²) in [4.78, 5) is 0. The van der Waals surface area contributed by atoms with Crippen LogP contribution in [0.4, 0.5) is 0 Å². The topological polar surface area (TPSA) is 46.2 Å². The lowest BCUT2D eigenvalue weighted by Gasteiger charge is -2.34. The second-order valence-corrected chi connectivity index (χ2v) is 8.13. The van der Waals surface area contributed by atoms with E-state index in [1.54, 1.807) is 6.92 Å². The van der Waals surface area contributed by atoms with Crippen molar-refractivity contribution in [2.24, 2.45) is 11.8 Å². The summed E-state index contributed by atoms with van der Waals surface area (Å²) in [6.07, 6.45) is 3.62. The first-order valence-electron chi connectivity index (χ1n) is 6.80. The van der Waals surface area contributed by atoms with Crippen molar-refractivity contribution in [3.63, 3.8) is 0 Å². The Kier molecular flexibility index (Phi) is 5.45. The molecular weight excluding hydrogens is 234 g/mol. The highest BCUT2D eigenvalue weighted by atomic mass is 32.2. The van der Waals surface area contributed by atoms with E-state index in [0.717, 1.165) is 11.8 Å². The largest absolute Gasteiger partial charge is 0.310 e. The molecule has 17 heavy (non-hydrogen) atoms. The molecule has 0 aromatic heterocycles. The van der Waals surface area contributed by atoms with Crippen molar-refractivity contribution in [3.05, 3.63) is 0 Å². The molecule has 1 aliphatic carbocycles. The van der Waals surface area contributed by atoms with Gasteiger partial charge in [0.05, 0.1) is 5.75 Å². The van der Waals surface area contributed by atoms with Crippen LogP contribution >= 0.6 is 0 Å². The van der Waals surface area contributed by atoms with Crippen LogP contribution in [-0.2, 0) is 9.84 Å². The van der Waals surface area contributed by atoms with Crippen molar-refractivity contribution in [2.75, 3.05) is 11.5 Å². The Bertz CT molecular complexity index is 326. The molecule has 1 rings (SSSR count). The number of rotatable bonds is 5. The summed E-state index contributed by atoms with van der Waals surface area (Å²) in [6, 6.07) is 0.578. The molecule has 102 valence electrons. The Morgan fingerprint density at radius 2 is 1.88 bits per heavy atom. The fraction of sp³-hybridized carbons (Fsp3) is 1.00. The minimum absolute atomic E-state index is 0.0746. The predicted octanol–water partition coefficient (Wildman–Crippen LogP) is 2.22. The molecule has 1 fully saturated rings. The molecule has 0 amide bonds. The lowest BCUT2D eigenvalue weighted by atomic mass is 9.79. The molecule has 4 atom stereocenters. The van der Waals surface area contributed by atoms with Gasteiger partial charge in [0, 0.05) is 17.8 Å². The Hall–Kier alpha value is -0.0900. The van der Waals surface area contributed by atoms with E-state index < -0.39 is 9.84 Å². The molecular formula is C13H27NO2S. The summed E-state index contributed by atoms with van der Waals surface area (Å²) >= 11 is 0. The van der Waals surface area contributed by atoms with Gasteiger partial charge in [-0.2, -0.15) is 0 Å². The summed E-state index contributed by atoms with van der Waals surface area (Å²) in [5, 5.41) is 3.48. The van der Waals surface area contributed by atoms with Gasteiger partial charge < -0.3 is 5.32 Å². The molecule has 0 aromatic rings. The first kappa shape index (κ1) is 15.0. The summed E-state index contributed by atoms with van der Waals surface area (Å²) in [7, 11) is -2.86. The highest BCUT2D eigenvalue weighted by Gasteiger charge is 2.26. The second kappa shape index (κ2) is 6.19. The predicted molar refractivity (Wildman–Crippen MR) is 72.9 cm³/mol. The van der Waals surface area contributed by atoms with Gasteiger partial charge in [0.15, 0.2) is 9.84 Å². The average Bonchev–Trinajstić information content (AvgIpc) is 2.23. The van der Waals surface area contributed by atoms with E-state index in [0.29, 0.717) is 6.04 Å². The minimum atomic E-state index is -2.86. The van der Waals surface area contributed by atoms with E-state index in [-0.39, 0.29) is 17.5 Å². The lowest BCUT2D eigenvalue weighted by molar-refractivity contribution is 0.219. The normalized spacial score (nSPS) is 32.4. The maximum Gasteiger partial charge on any atom is 0.151 e. The molecule has 3 nitrogen and oxygen atoms in total. The van der Waals surface area contributed by atoms with Gasteiger partial charge in [-0.1, -0.05) is 20.8 Å². The van der Waals surface area contributed by atoms with Crippen LogP contribution in [0.1, 0.15) is 47.0 Å². The van der Waals surface area contributed by atoms with Crippen molar-refractivity contribution in [2.45, 2.75) is 59.0 Å². The number of nitrogens with one attached hydrogen (secondary N) is 1. The third-order valence-corrected chi connectivity index (χ3v) is 5.95. The molecule has 0 saturated heterocycles. The monoisotopic (exact) mass is 261 g/mol. The van der Waals surface area contributed by atoms with Crippen LogP contribution in [0.25, 0.3) is 0 Å². The van der Waals surface area contributed by atoms with Gasteiger partial charge in [0.1, 0.15) is 0 Å². The van der Waals surface area contributed by atoms with E-state index in [9.17, 15) is 8.42 Å². The van der Waals surface area contributed by atoms with Crippen LogP contribution in [0.3, 0.4) is 0 Å². The van der Waals surface area contributed by atoms with Gasteiger partial charge in [0.2, 0.25) is 0 Å². The van der Waals surface area contributed by atoms with Gasteiger partial charge in [0.25, 0.3) is 0 Å².